The molecule has 0 heterocycles. The summed E-state index contributed by atoms with van der Waals surface area (Å²) in [5.74, 6) is -1.32. The van der Waals surface area contributed by atoms with Crippen LogP contribution in [0, 0.1) is 0 Å². The maximum Gasteiger partial charge on any atom is 0.339 e. The number of thioether (sulfide) groups is 1. The number of amides is 1. The summed E-state index contributed by atoms with van der Waals surface area (Å²) in [6.07, 6.45) is 0.739. The Labute approximate surface area is 155 Å². The fourth-order valence-corrected chi connectivity index (χ4v) is 3.02. The van der Waals surface area contributed by atoms with Gasteiger partial charge < -0.3 is 15.5 Å². The van der Waals surface area contributed by atoms with Crippen LogP contribution in [0.15, 0.2) is 42.5 Å². The summed E-state index contributed by atoms with van der Waals surface area (Å²) in [5.41, 5.74) is 2.13. The topological polar surface area (TPSA) is 104 Å². The van der Waals surface area contributed by atoms with E-state index >= 15 is 0 Å². The Balaban J connectivity index is 1.96. The molecule has 0 atom stereocenters. The average Bonchev–Trinajstić information content (AvgIpc) is 2.58. The lowest BCUT2D eigenvalue weighted by Crippen LogP contribution is -2.13. The van der Waals surface area contributed by atoms with Crippen molar-refractivity contribution in [2.24, 2.45) is 0 Å². The van der Waals surface area contributed by atoms with Gasteiger partial charge in [-0.3, -0.25) is 9.59 Å². The van der Waals surface area contributed by atoms with Crippen molar-refractivity contribution in [1.29, 1.82) is 0 Å². The molecule has 0 aliphatic carbocycles. The number of benzene rings is 2. The van der Waals surface area contributed by atoms with Gasteiger partial charge in [-0.2, -0.15) is 0 Å². The first-order chi connectivity index (χ1) is 12.4. The largest absolute Gasteiger partial charge is 0.507 e. The number of hydrogen-bond acceptors (Lipinski definition) is 5. The van der Waals surface area contributed by atoms with E-state index in [1.54, 1.807) is 0 Å². The average molecular weight is 373 g/mol. The van der Waals surface area contributed by atoms with Crippen molar-refractivity contribution in [3.63, 3.8) is 0 Å². The standard InChI is InChI=1S/C19H19NO5S/c1-12(21)26-11-14-5-3-2-4-13(14)6-9-18(23)20-15-7-8-16(19(24)25)17(22)10-15/h2-5,7-8,10,22H,6,9,11H2,1H3,(H,20,23)(H,24,25). The third-order valence-electron chi connectivity index (χ3n) is 3.68. The number of phenols is 1. The molecular weight excluding hydrogens is 354 g/mol. The molecule has 2 aromatic rings. The number of rotatable bonds is 7. The van der Waals surface area contributed by atoms with Gasteiger partial charge in [0.15, 0.2) is 5.12 Å². The van der Waals surface area contributed by atoms with Gasteiger partial charge in [-0.15, -0.1) is 0 Å². The zero-order chi connectivity index (χ0) is 19.1. The molecule has 0 unspecified atom stereocenters. The van der Waals surface area contributed by atoms with Crippen molar-refractivity contribution in [2.45, 2.75) is 25.5 Å². The van der Waals surface area contributed by atoms with Crippen molar-refractivity contribution in [1.82, 2.24) is 0 Å². The third-order valence-corrected chi connectivity index (χ3v) is 4.54. The lowest BCUT2D eigenvalue weighted by molar-refractivity contribution is -0.116. The number of carbonyl (C=O) groups excluding carboxylic acids is 2. The molecule has 1 amide bonds. The Hall–Kier alpha value is -2.80. The Morgan fingerprint density at radius 3 is 2.38 bits per heavy atom. The molecule has 0 aliphatic heterocycles. The minimum Gasteiger partial charge on any atom is -0.507 e. The first kappa shape index (κ1) is 19.5. The van der Waals surface area contributed by atoms with Crippen LogP contribution in [0.3, 0.4) is 0 Å². The second kappa shape index (κ2) is 9.05. The number of aryl methyl sites for hydroxylation is 1. The highest BCUT2D eigenvalue weighted by molar-refractivity contribution is 8.12. The smallest absolute Gasteiger partial charge is 0.339 e. The zero-order valence-corrected chi connectivity index (χ0v) is 15.0. The van der Waals surface area contributed by atoms with Gasteiger partial charge in [0.1, 0.15) is 11.3 Å². The van der Waals surface area contributed by atoms with Crippen LogP contribution >= 0.6 is 11.8 Å². The third kappa shape index (κ3) is 5.63. The molecule has 0 saturated heterocycles. The van der Waals surface area contributed by atoms with E-state index in [4.69, 9.17) is 5.11 Å². The van der Waals surface area contributed by atoms with Crippen LogP contribution in [0.1, 0.15) is 34.8 Å². The Bertz CT molecular complexity index is 834. The summed E-state index contributed by atoms with van der Waals surface area (Å²) in [5, 5.41) is 21.2. The van der Waals surface area contributed by atoms with Crippen LogP contribution in [-0.4, -0.2) is 27.2 Å². The zero-order valence-electron chi connectivity index (χ0n) is 14.2. The molecule has 2 rings (SSSR count). The van der Waals surface area contributed by atoms with Crippen LogP contribution < -0.4 is 5.32 Å². The molecule has 0 fully saturated rings. The molecule has 0 aliphatic rings. The van der Waals surface area contributed by atoms with Gasteiger partial charge in [0.2, 0.25) is 5.91 Å². The number of carboxylic acid groups (broad SMARTS) is 1. The second-order valence-corrected chi connectivity index (χ2v) is 6.79. The van der Waals surface area contributed by atoms with Crippen molar-refractivity contribution in [2.75, 3.05) is 5.32 Å². The minimum absolute atomic E-state index is 0.0437. The highest BCUT2D eigenvalue weighted by atomic mass is 32.2. The Kier molecular flexibility index (Phi) is 6.80. The monoisotopic (exact) mass is 373 g/mol. The van der Waals surface area contributed by atoms with E-state index in [-0.39, 0.29) is 23.0 Å². The molecule has 136 valence electrons. The van der Waals surface area contributed by atoms with Crippen LogP contribution in [-0.2, 0) is 21.8 Å². The van der Waals surface area contributed by atoms with Crippen molar-refractivity contribution in [3.8, 4) is 5.75 Å². The number of carbonyl (C=O) groups is 3. The molecule has 6 nitrogen and oxygen atoms in total. The molecular formula is C19H19NO5S. The van der Waals surface area contributed by atoms with Crippen molar-refractivity contribution >= 4 is 34.4 Å². The summed E-state index contributed by atoms with van der Waals surface area (Å²) < 4.78 is 0. The first-order valence-electron chi connectivity index (χ1n) is 7.93. The number of nitrogens with one attached hydrogen (secondary N) is 1. The van der Waals surface area contributed by atoms with Gasteiger partial charge in [0.05, 0.1) is 0 Å². The molecule has 0 bridgehead atoms. The van der Waals surface area contributed by atoms with Crippen LogP contribution in [0.25, 0.3) is 0 Å². The summed E-state index contributed by atoms with van der Waals surface area (Å²) in [6, 6.07) is 11.5. The number of carboxylic acids is 1. The van der Waals surface area contributed by atoms with E-state index in [1.807, 2.05) is 24.3 Å². The Morgan fingerprint density at radius 2 is 1.77 bits per heavy atom. The van der Waals surface area contributed by atoms with Gasteiger partial charge in [0, 0.05) is 30.9 Å². The molecule has 26 heavy (non-hydrogen) atoms. The SMILES string of the molecule is CC(=O)SCc1ccccc1CCC(=O)Nc1ccc(C(=O)O)c(O)c1. The summed E-state index contributed by atoms with van der Waals surface area (Å²) in [7, 11) is 0. The van der Waals surface area contributed by atoms with Gasteiger partial charge in [-0.1, -0.05) is 36.0 Å². The van der Waals surface area contributed by atoms with Crippen molar-refractivity contribution < 1.29 is 24.6 Å². The van der Waals surface area contributed by atoms with Gasteiger partial charge >= 0.3 is 5.97 Å². The number of aromatic carboxylic acids is 1. The molecule has 0 radical (unpaired) electrons. The predicted molar refractivity (Wildman–Crippen MR) is 100 cm³/mol. The normalized spacial score (nSPS) is 10.3. The second-order valence-electron chi connectivity index (χ2n) is 5.63. The van der Waals surface area contributed by atoms with Gasteiger partial charge in [-0.25, -0.2) is 4.79 Å². The lowest BCUT2D eigenvalue weighted by Gasteiger charge is -2.10. The summed E-state index contributed by atoms with van der Waals surface area (Å²) >= 11 is 1.23. The van der Waals surface area contributed by atoms with Gasteiger partial charge in [-0.05, 0) is 29.7 Å². The van der Waals surface area contributed by atoms with Crippen LogP contribution in [0.5, 0.6) is 5.75 Å². The summed E-state index contributed by atoms with van der Waals surface area (Å²) in [4.78, 5) is 34.1. The summed E-state index contributed by atoms with van der Waals surface area (Å²) in [6.45, 7) is 1.52. The highest BCUT2D eigenvalue weighted by Gasteiger charge is 2.12. The quantitative estimate of drug-likeness (QED) is 0.687. The van der Waals surface area contributed by atoms with Crippen LogP contribution in [0.2, 0.25) is 0 Å². The number of hydrogen-bond donors (Lipinski definition) is 3. The van der Waals surface area contributed by atoms with E-state index in [0.717, 1.165) is 11.1 Å². The van der Waals surface area contributed by atoms with Crippen LogP contribution in [0.4, 0.5) is 5.69 Å². The van der Waals surface area contributed by atoms with E-state index in [0.29, 0.717) is 17.9 Å². The molecule has 7 heteroatoms. The fourth-order valence-electron chi connectivity index (χ4n) is 2.38. The van der Waals surface area contributed by atoms with E-state index in [2.05, 4.69) is 5.32 Å². The lowest BCUT2D eigenvalue weighted by atomic mass is 10.0. The molecule has 0 saturated carbocycles. The van der Waals surface area contributed by atoms with E-state index in [9.17, 15) is 19.5 Å². The molecule has 3 N–H and O–H groups in total. The number of anilines is 1. The molecule has 0 spiro atoms. The fraction of sp³-hybridized carbons (Fsp3) is 0.211. The predicted octanol–water partition coefficient (Wildman–Crippen LogP) is 3.44. The first-order valence-corrected chi connectivity index (χ1v) is 8.91. The molecule has 2 aromatic carbocycles. The van der Waals surface area contributed by atoms with E-state index < -0.39 is 11.7 Å². The minimum atomic E-state index is -1.24. The molecule has 0 aromatic heterocycles. The maximum absolute atomic E-state index is 12.1. The maximum atomic E-state index is 12.1. The number of aromatic hydroxyl groups is 1. The van der Waals surface area contributed by atoms with E-state index in [1.165, 1.54) is 36.9 Å². The van der Waals surface area contributed by atoms with Crippen molar-refractivity contribution in [3.05, 3.63) is 59.2 Å². The van der Waals surface area contributed by atoms with Gasteiger partial charge in [0.25, 0.3) is 0 Å². The Morgan fingerprint density at radius 1 is 1.08 bits per heavy atom. The highest BCUT2D eigenvalue weighted by Crippen LogP contribution is 2.22.